The first-order valence-corrected chi connectivity index (χ1v) is 19.3. The molecule has 0 amide bonds. The number of furan rings is 1. The van der Waals surface area contributed by atoms with Gasteiger partial charge in [0.05, 0.1) is 0 Å². The van der Waals surface area contributed by atoms with Crippen molar-refractivity contribution in [3.8, 4) is 33.4 Å². The van der Waals surface area contributed by atoms with Crippen molar-refractivity contribution in [1.82, 2.24) is 0 Å². The second kappa shape index (κ2) is 14.9. The highest BCUT2D eigenvalue weighted by atomic mass is 16.3. The van der Waals surface area contributed by atoms with E-state index >= 15 is 0 Å². The summed E-state index contributed by atoms with van der Waals surface area (Å²) in [5, 5.41) is 2.23. The van der Waals surface area contributed by atoms with Gasteiger partial charge in [-0.3, -0.25) is 0 Å². The molecule has 10 aromatic rings. The molecule has 3 heteroatoms. The van der Waals surface area contributed by atoms with Gasteiger partial charge in [-0.1, -0.05) is 146 Å². The summed E-state index contributed by atoms with van der Waals surface area (Å²) in [5.41, 5.74) is 15.2. The zero-order valence-electron chi connectivity index (χ0n) is 31.2. The van der Waals surface area contributed by atoms with Crippen molar-refractivity contribution in [1.29, 1.82) is 0 Å². The molecule has 9 aromatic carbocycles. The summed E-state index contributed by atoms with van der Waals surface area (Å²) in [6.45, 7) is 0. The molecular formula is C54H38N2O. The fraction of sp³-hybridized carbons (Fsp3) is 0. The summed E-state index contributed by atoms with van der Waals surface area (Å²) in [6.07, 6.45) is 0. The number of benzene rings is 9. The summed E-state index contributed by atoms with van der Waals surface area (Å²) >= 11 is 0. The lowest BCUT2D eigenvalue weighted by atomic mass is 10.0. The predicted molar refractivity (Wildman–Crippen MR) is 239 cm³/mol. The van der Waals surface area contributed by atoms with E-state index in [1.54, 1.807) is 0 Å². The van der Waals surface area contributed by atoms with E-state index < -0.39 is 0 Å². The maximum Gasteiger partial charge on any atom is 0.137 e. The van der Waals surface area contributed by atoms with Crippen molar-refractivity contribution >= 4 is 56.1 Å². The molecule has 0 unspecified atom stereocenters. The summed E-state index contributed by atoms with van der Waals surface area (Å²) < 4.78 is 6.38. The molecule has 1 aromatic heterocycles. The van der Waals surface area contributed by atoms with Crippen molar-refractivity contribution in [2.24, 2.45) is 0 Å². The van der Waals surface area contributed by atoms with Gasteiger partial charge in [-0.25, -0.2) is 0 Å². The van der Waals surface area contributed by atoms with Gasteiger partial charge in [0.25, 0.3) is 0 Å². The Labute approximate surface area is 333 Å². The lowest BCUT2D eigenvalue weighted by molar-refractivity contribution is 0.669. The average molecular weight is 731 g/mol. The van der Waals surface area contributed by atoms with E-state index in [1.165, 1.54) is 33.4 Å². The van der Waals surface area contributed by atoms with Gasteiger partial charge in [0.2, 0.25) is 0 Å². The molecule has 57 heavy (non-hydrogen) atoms. The van der Waals surface area contributed by atoms with Crippen LogP contribution in [0.5, 0.6) is 0 Å². The largest absolute Gasteiger partial charge is 0.456 e. The van der Waals surface area contributed by atoms with Gasteiger partial charge in [-0.15, -0.1) is 0 Å². The zero-order valence-corrected chi connectivity index (χ0v) is 31.2. The first-order chi connectivity index (χ1) is 28.2. The van der Waals surface area contributed by atoms with Gasteiger partial charge in [0, 0.05) is 51.0 Å². The van der Waals surface area contributed by atoms with Crippen LogP contribution in [0, 0.1) is 0 Å². The quantitative estimate of drug-likeness (QED) is 0.147. The highest BCUT2D eigenvalue weighted by Gasteiger charge is 2.18. The van der Waals surface area contributed by atoms with Crippen molar-refractivity contribution in [2.45, 2.75) is 0 Å². The van der Waals surface area contributed by atoms with Crippen molar-refractivity contribution in [3.63, 3.8) is 0 Å². The first-order valence-electron chi connectivity index (χ1n) is 19.3. The van der Waals surface area contributed by atoms with Gasteiger partial charge >= 0.3 is 0 Å². The molecule has 0 atom stereocenters. The van der Waals surface area contributed by atoms with Crippen LogP contribution >= 0.6 is 0 Å². The Kier molecular flexibility index (Phi) is 8.86. The summed E-state index contributed by atoms with van der Waals surface area (Å²) in [6, 6.07) is 81.7. The highest BCUT2D eigenvalue weighted by molar-refractivity contribution is 6.06. The van der Waals surface area contributed by atoms with Crippen LogP contribution < -0.4 is 9.80 Å². The van der Waals surface area contributed by atoms with Gasteiger partial charge in [0.15, 0.2) is 0 Å². The smallest absolute Gasteiger partial charge is 0.137 e. The Bertz CT molecular complexity index is 2820. The second-order valence-electron chi connectivity index (χ2n) is 14.2. The lowest BCUT2D eigenvalue weighted by Crippen LogP contribution is -2.12. The van der Waals surface area contributed by atoms with E-state index in [1.807, 2.05) is 12.1 Å². The molecule has 270 valence electrons. The number of anilines is 6. The minimum Gasteiger partial charge on any atom is -0.456 e. The molecule has 0 spiro atoms. The molecule has 0 saturated heterocycles. The third kappa shape index (κ3) is 6.73. The molecule has 0 fully saturated rings. The van der Waals surface area contributed by atoms with Crippen LogP contribution in [0.4, 0.5) is 34.1 Å². The summed E-state index contributed by atoms with van der Waals surface area (Å²) in [7, 11) is 0. The van der Waals surface area contributed by atoms with Crippen LogP contribution in [0.2, 0.25) is 0 Å². The lowest BCUT2D eigenvalue weighted by Gasteiger charge is -2.28. The average Bonchev–Trinajstić information content (AvgIpc) is 3.67. The van der Waals surface area contributed by atoms with Gasteiger partial charge in [0.1, 0.15) is 11.2 Å². The Morgan fingerprint density at radius 2 is 0.526 bits per heavy atom. The molecular weight excluding hydrogens is 693 g/mol. The Morgan fingerprint density at radius 3 is 0.947 bits per heavy atom. The molecule has 0 saturated carbocycles. The fourth-order valence-corrected chi connectivity index (χ4v) is 7.80. The van der Waals surface area contributed by atoms with E-state index in [9.17, 15) is 0 Å². The minimum absolute atomic E-state index is 0.861. The molecule has 0 aliphatic rings. The van der Waals surface area contributed by atoms with Crippen molar-refractivity contribution in [3.05, 3.63) is 231 Å². The maximum atomic E-state index is 6.38. The number of hydrogen-bond donors (Lipinski definition) is 0. The molecule has 1 heterocycles. The van der Waals surface area contributed by atoms with Gasteiger partial charge in [-0.05, 0) is 112 Å². The first kappa shape index (κ1) is 33.9. The monoisotopic (exact) mass is 730 g/mol. The fourth-order valence-electron chi connectivity index (χ4n) is 7.80. The van der Waals surface area contributed by atoms with E-state index in [0.717, 1.165) is 56.1 Å². The number of nitrogens with zero attached hydrogens (tertiary/aromatic N) is 2. The Balaban J connectivity index is 1.06. The van der Waals surface area contributed by atoms with Crippen molar-refractivity contribution < 1.29 is 4.42 Å². The zero-order chi connectivity index (χ0) is 38.0. The predicted octanol–water partition coefficient (Wildman–Crippen LogP) is 15.5. The molecule has 10 rings (SSSR count). The number of fused-ring (bicyclic) bond motifs is 3. The number of rotatable bonds is 9. The number of para-hydroxylation sites is 1. The topological polar surface area (TPSA) is 19.6 Å². The maximum absolute atomic E-state index is 6.38. The summed E-state index contributed by atoms with van der Waals surface area (Å²) in [5.74, 6) is 0. The van der Waals surface area contributed by atoms with Crippen LogP contribution in [0.1, 0.15) is 0 Å². The van der Waals surface area contributed by atoms with Gasteiger partial charge in [-0.2, -0.15) is 0 Å². The third-order valence-electron chi connectivity index (χ3n) is 10.7. The summed E-state index contributed by atoms with van der Waals surface area (Å²) in [4.78, 5) is 4.63. The Hall–Kier alpha value is -7.62. The molecule has 0 aliphatic carbocycles. The van der Waals surface area contributed by atoms with Crippen LogP contribution in [0.15, 0.2) is 235 Å². The molecule has 0 N–H and O–H groups in total. The SMILES string of the molecule is c1ccc(-c2ccc(N(c3ccc(-c4ccccc4)cc3)c3ccc(N(c4ccc(-c5ccccc5)cc4)c4ccc5c(c4)oc4ccccc45)cc3)cc2)cc1. The van der Waals surface area contributed by atoms with Crippen LogP contribution in [0.25, 0.3) is 55.3 Å². The highest BCUT2D eigenvalue weighted by Crippen LogP contribution is 2.42. The van der Waals surface area contributed by atoms with E-state index in [2.05, 4.69) is 228 Å². The number of hydrogen-bond acceptors (Lipinski definition) is 3. The standard InChI is InChI=1S/C54H38N2O/c1-4-12-39(13-5-1)42-20-26-45(27-21-42)55(46-28-22-43(23-29-46)40-14-6-2-7-15-40)48-32-34-49(35-33-48)56(47-30-24-44(25-31-47)41-16-8-3-9-17-41)50-36-37-52-51-18-10-11-19-53(51)57-54(52)38-50/h1-38H. The third-order valence-corrected chi connectivity index (χ3v) is 10.7. The molecule has 0 aliphatic heterocycles. The van der Waals surface area contributed by atoms with Crippen molar-refractivity contribution in [2.75, 3.05) is 9.80 Å². The molecule has 0 radical (unpaired) electrons. The minimum atomic E-state index is 0.861. The second-order valence-corrected chi connectivity index (χ2v) is 14.2. The molecule has 3 nitrogen and oxygen atoms in total. The normalized spacial score (nSPS) is 11.2. The Morgan fingerprint density at radius 1 is 0.228 bits per heavy atom. The molecule has 0 bridgehead atoms. The van der Waals surface area contributed by atoms with E-state index in [-0.39, 0.29) is 0 Å². The van der Waals surface area contributed by atoms with Crippen LogP contribution in [0.3, 0.4) is 0 Å². The van der Waals surface area contributed by atoms with Crippen LogP contribution in [-0.2, 0) is 0 Å². The van der Waals surface area contributed by atoms with E-state index in [4.69, 9.17) is 4.42 Å². The van der Waals surface area contributed by atoms with Crippen LogP contribution in [-0.4, -0.2) is 0 Å². The van der Waals surface area contributed by atoms with Gasteiger partial charge < -0.3 is 14.2 Å². The van der Waals surface area contributed by atoms with E-state index in [0.29, 0.717) is 0 Å².